The van der Waals surface area contributed by atoms with Crippen LogP contribution in [0.4, 0.5) is 0 Å². The van der Waals surface area contributed by atoms with Crippen molar-refractivity contribution in [2.24, 2.45) is 0 Å². The maximum absolute atomic E-state index is 2.55. The lowest BCUT2D eigenvalue weighted by molar-refractivity contribution is 1.18. The Morgan fingerprint density at radius 3 is 0.771 bits per heavy atom. The first-order valence-corrected chi connectivity index (χ1v) is 39.0. The predicted octanol–water partition coefficient (Wildman–Crippen LogP) is 27.9. The van der Waals surface area contributed by atoms with Crippen LogP contribution in [0.3, 0.4) is 0 Å². The Morgan fingerprint density at radius 2 is 0.427 bits per heavy atom. The molecule has 0 amide bonds. The zero-order valence-electron chi connectivity index (χ0n) is 53.5. The van der Waals surface area contributed by atoms with E-state index in [1.54, 1.807) is 0 Å². The van der Waals surface area contributed by atoms with Gasteiger partial charge in [0.2, 0.25) is 0 Å². The van der Waals surface area contributed by atoms with Crippen LogP contribution in [-0.4, -0.2) is 18.3 Å². The number of hydrogen-bond acceptors (Lipinski definition) is 8. The van der Waals surface area contributed by atoms with Crippen LogP contribution in [0.5, 0.6) is 0 Å². The van der Waals surface area contributed by atoms with Crippen molar-refractivity contribution in [3.8, 4) is 22.7 Å². The second-order valence-corrected chi connectivity index (χ2v) is 35.0. The summed E-state index contributed by atoms with van der Waals surface area (Å²) < 4.78 is 32.3. The Bertz CT molecular complexity index is 6700. The molecule has 0 aliphatic heterocycles. The van der Waals surface area contributed by atoms with Gasteiger partial charge in [-0.05, 0) is 175 Å². The highest BCUT2D eigenvalue weighted by atomic mass is 32.1. The molecule has 22 aromatic rings. The third kappa shape index (κ3) is 7.95. The topological polar surface area (TPSA) is 19.7 Å². The molecule has 0 spiro atoms. The minimum Gasteiger partial charge on any atom is -0.307 e. The van der Waals surface area contributed by atoms with Crippen molar-refractivity contribution in [2.75, 3.05) is 0 Å². The molecule has 460 valence electrons. The summed E-state index contributed by atoms with van der Waals surface area (Å²) in [6.07, 6.45) is 0. The summed E-state index contributed by atoms with van der Waals surface area (Å²) >= 11 is 15.7. The van der Waals surface area contributed by atoms with E-state index >= 15 is 0 Å². The first-order valence-electron chi connectivity index (χ1n) is 32.5. The monoisotopic (exact) mass is 1380 g/mol. The zero-order chi connectivity index (χ0) is 64.0. The van der Waals surface area contributed by atoms with E-state index in [1.807, 2.05) is 90.7 Å². The molecule has 12 heteroatoms. The Balaban J connectivity index is 0.000000127. The van der Waals surface area contributed by atoms with Gasteiger partial charge in [-0.25, -0.2) is 0 Å². The number of rotatable bonds is 4. The lowest BCUT2D eigenvalue weighted by Gasteiger charge is -2.09. The molecule has 0 saturated carbocycles. The molecule has 22 rings (SSSR count). The number of fused-ring (bicyclic) bond motifs is 28. The molecule has 10 aromatic carbocycles. The van der Waals surface area contributed by atoms with Crippen LogP contribution in [0.2, 0.25) is 0 Å². The zero-order valence-corrected chi connectivity index (χ0v) is 60.1. The van der Waals surface area contributed by atoms with E-state index in [-0.39, 0.29) is 0 Å². The first kappa shape index (κ1) is 56.3. The maximum Gasteiger partial charge on any atom is 0.0829 e. The molecule has 0 aliphatic rings. The van der Waals surface area contributed by atoms with E-state index in [1.165, 1.54) is 230 Å². The number of aromatic nitrogens is 4. The third-order valence-corrected chi connectivity index (χ3v) is 29.9. The normalized spacial score (nSPS) is 12.6. The molecule has 0 atom stereocenters. The van der Waals surface area contributed by atoms with Crippen molar-refractivity contribution < 1.29 is 0 Å². The Morgan fingerprint density at radius 1 is 0.177 bits per heavy atom. The molecule has 96 heavy (non-hydrogen) atoms. The molecule has 12 aromatic heterocycles. The van der Waals surface area contributed by atoms with Crippen molar-refractivity contribution in [1.29, 1.82) is 0 Å². The Labute approximate surface area is 582 Å². The molecule has 0 fully saturated rings. The minimum absolute atomic E-state index is 1.23. The lowest BCUT2D eigenvalue weighted by atomic mass is 10.1. The van der Waals surface area contributed by atoms with E-state index in [4.69, 9.17) is 0 Å². The van der Waals surface area contributed by atoms with Gasteiger partial charge < -0.3 is 18.3 Å². The number of thiophene rings is 8. The van der Waals surface area contributed by atoms with Crippen LogP contribution in [0, 0.1) is 55.4 Å². The van der Waals surface area contributed by atoms with Crippen molar-refractivity contribution in [2.45, 2.75) is 55.4 Å². The average Bonchev–Trinajstić information content (AvgIpc) is 1.54. The average molecular weight is 1380 g/mol. The minimum atomic E-state index is 1.23. The highest BCUT2D eigenvalue weighted by molar-refractivity contribution is 7.39. The van der Waals surface area contributed by atoms with Gasteiger partial charge in [0.1, 0.15) is 0 Å². The van der Waals surface area contributed by atoms with Gasteiger partial charge in [0.05, 0.1) is 91.1 Å². The summed E-state index contributed by atoms with van der Waals surface area (Å²) in [4.78, 5) is 0. The third-order valence-electron chi connectivity index (χ3n) is 20.0. The van der Waals surface area contributed by atoms with Crippen molar-refractivity contribution >= 4 is 253 Å². The van der Waals surface area contributed by atoms with Gasteiger partial charge in [-0.2, -0.15) is 0 Å². The summed E-state index contributed by atoms with van der Waals surface area (Å²) in [5, 5.41) is 10.8. The van der Waals surface area contributed by atoms with Gasteiger partial charge >= 0.3 is 0 Å². The number of hydrogen-bond donors (Lipinski definition) is 0. The van der Waals surface area contributed by atoms with Gasteiger partial charge in [-0.1, -0.05) is 119 Å². The van der Waals surface area contributed by atoms with E-state index in [0.717, 1.165) is 0 Å². The highest BCUT2D eigenvalue weighted by Gasteiger charge is 2.29. The molecule has 4 nitrogen and oxygen atoms in total. The predicted molar refractivity (Wildman–Crippen MR) is 431 cm³/mol. The molecular formula is C84H56N4S8. The van der Waals surface area contributed by atoms with Crippen molar-refractivity contribution in [1.82, 2.24) is 18.3 Å². The van der Waals surface area contributed by atoms with Gasteiger partial charge in [0.25, 0.3) is 0 Å². The summed E-state index contributed by atoms with van der Waals surface area (Å²) in [5.74, 6) is 0. The van der Waals surface area contributed by atoms with Crippen LogP contribution in [0.15, 0.2) is 194 Å². The molecule has 0 saturated heterocycles. The largest absolute Gasteiger partial charge is 0.307 e. The summed E-state index contributed by atoms with van der Waals surface area (Å²) in [5.41, 5.74) is 25.9. The molecule has 0 bridgehead atoms. The molecule has 12 heterocycles. The molecule has 0 aliphatic carbocycles. The lowest BCUT2D eigenvalue weighted by Crippen LogP contribution is -1.94. The van der Waals surface area contributed by atoms with E-state index in [0.29, 0.717) is 0 Å². The van der Waals surface area contributed by atoms with Crippen LogP contribution in [0.25, 0.3) is 185 Å². The van der Waals surface area contributed by atoms with Crippen LogP contribution >= 0.6 is 90.7 Å². The Hall–Kier alpha value is -8.92. The second kappa shape index (κ2) is 20.3. The number of benzene rings is 10. The van der Waals surface area contributed by atoms with Gasteiger partial charge in [-0.15, -0.1) is 90.7 Å². The number of aryl methyl sites for hydroxylation is 8. The molecule has 0 radical (unpaired) electrons. The van der Waals surface area contributed by atoms with Crippen LogP contribution in [-0.2, 0) is 0 Å². The smallest absolute Gasteiger partial charge is 0.0829 e. The fourth-order valence-electron chi connectivity index (χ4n) is 15.3. The SMILES string of the molecule is Cc1ccc(-n2c3c4ccc(C)cc4sc3c3sc4cc5c(cc4c32)sc2c3sc4cc(C)ccc4c3n(-c3ccc(C)cc3)c52)cc1.Cc1ccc(-n2c3cc(C)ccc3c3sc4c5cc6sc7c(sc8c9ccc(C)cc9n(-c9ccc(C)cc9)c87)c6cc5sc4c32)cc1. The highest BCUT2D eigenvalue weighted by Crippen LogP contribution is 2.56. The second-order valence-electron chi connectivity index (χ2n) is 26.6. The summed E-state index contributed by atoms with van der Waals surface area (Å²) in [6, 6.07) is 73.9. The quantitative estimate of drug-likeness (QED) is 0.167. The summed E-state index contributed by atoms with van der Waals surface area (Å²) in [7, 11) is 0. The van der Waals surface area contributed by atoms with E-state index in [2.05, 4.69) is 268 Å². The Kier molecular flexibility index (Phi) is 11.9. The van der Waals surface area contributed by atoms with E-state index in [9.17, 15) is 0 Å². The van der Waals surface area contributed by atoms with E-state index < -0.39 is 0 Å². The first-order chi connectivity index (χ1) is 46.8. The van der Waals surface area contributed by atoms with Crippen molar-refractivity contribution in [3.05, 3.63) is 239 Å². The van der Waals surface area contributed by atoms with Gasteiger partial charge in [0, 0.05) is 94.0 Å². The van der Waals surface area contributed by atoms with Crippen LogP contribution < -0.4 is 0 Å². The van der Waals surface area contributed by atoms with Gasteiger partial charge in [0.15, 0.2) is 0 Å². The molecular weight excluding hydrogens is 1320 g/mol. The summed E-state index contributed by atoms with van der Waals surface area (Å²) in [6.45, 7) is 17.5. The number of nitrogens with zero attached hydrogens (tertiary/aromatic N) is 4. The van der Waals surface area contributed by atoms with Crippen LogP contribution in [0.1, 0.15) is 44.5 Å². The van der Waals surface area contributed by atoms with Gasteiger partial charge in [-0.3, -0.25) is 0 Å². The molecule has 0 unspecified atom stereocenters. The van der Waals surface area contributed by atoms with Crippen molar-refractivity contribution in [3.63, 3.8) is 0 Å². The fraction of sp³-hybridized carbons (Fsp3) is 0.0952. The standard InChI is InChI=1S/2C42H28N2S4/c1-21-5-11-25(12-6-21)43-31-17-23(3)9-15-27(31)37-35(43)41-39(47-37)29-19-34-30(20-33(29)45-41)40-42(46-34)36-38(48-40)28-16-10-24(4)18-32(28)44(36)26-13-7-22(2)8-14-26;1-21-5-11-25(12-6-21)43-35-27-15-9-23(3)17-31(27)45-39(35)41-37(43)29-19-34-30(20-33(29)47-41)38-42(48-34)40-36(28-16-10-24(4)18-32(28)46-40)44(38)26-13-7-22(2)8-14-26/h2*5-20H,1-4H3. The fourth-order valence-corrected chi connectivity index (χ4v) is 26.1. The molecule has 0 N–H and O–H groups in total. The maximum atomic E-state index is 2.55.